The molecular formula is C23H22FN5O2. The first kappa shape index (κ1) is 20.5. The van der Waals surface area contributed by atoms with Crippen LogP contribution < -0.4 is 11.1 Å². The SMILES string of the molecule is Cc1cccc(C(O)C(=O)Nc2ccc(-c3nc(C)n4c(C)cnc(N)c34)c(F)c2)c1. The molecule has 31 heavy (non-hydrogen) atoms. The third-order valence-electron chi connectivity index (χ3n) is 5.13. The Balaban J connectivity index is 1.65. The van der Waals surface area contributed by atoms with E-state index in [1.54, 1.807) is 30.5 Å². The lowest BCUT2D eigenvalue weighted by molar-refractivity contribution is -0.124. The number of hydrogen-bond acceptors (Lipinski definition) is 5. The second-order valence-corrected chi connectivity index (χ2v) is 7.48. The van der Waals surface area contributed by atoms with E-state index in [0.717, 1.165) is 11.3 Å². The molecule has 0 fully saturated rings. The molecule has 158 valence electrons. The number of aliphatic hydroxyl groups excluding tert-OH is 1. The van der Waals surface area contributed by atoms with Gasteiger partial charge in [-0.1, -0.05) is 29.8 Å². The number of halogens is 1. The molecule has 2 heterocycles. The number of aryl methyl sites for hydroxylation is 3. The van der Waals surface area contributed by atoms with E-state index in [1.165, 1.54) is 12.1 Å². The number of aromatic nitrogens is 3. The number of aliphatic hydroxyl groups is 1. The Morgan fingerprint density at radius 1 is 1.19 bits per heavy atom. The van der Waals surface area contributed by atoms with Crippen LogP contribution in [0.4, 0.5) is 15.9 Å². The minimum Gasteiger partial charge on any atom is -0.382 e. The average molecular weight is 419 g/mol. The van der Waals surface area contributed by atoms with Gasteiger partial charge in [0.05, 0.1) is 0 Å². The van der Waals surface area contributed by atoms with Gasteiger partial charge in [-0.2, -0.15) is 0 Å². The van der Waals surface area contributed by atoms with Crippen molar-refractivity contribution in [2.45, 2.75) is 26.9 Å². The zero-order chi connectivity index (χ0) is 22.3. The van der Waals surface area contributed by atoms with Gasteiger partial charge in [0, 0.05) is 23.1 Å². The number of rotatable bonds is 4. The Hall–Kier alpha value is -3.78. The molecule has 1 atom stereocenters. The highest BCUT2D eigenvalue weighted by Gasteiger charge is 2.21. The molecule has 1 unspecified atom stereocenters. The second kappa shape index (κ2) is 7.81. The van der Waals surface area contributed by atoms with Gasteiger partial charge in [0.2, 0.25) is 0 Å². The Morgan fingerprint density at radius 3 is 2.68 bits per heavy atom. The maximum atomic E-state index is 15.0. The van der Waals surface area contributed by atoms with Crippen LogP contribution in [0.1, 0.15) is 28.7 Å². The van der Waals surface area contributed by atoms with Crippen molar-refractivity contribution < 1.29 is 14.3 Å². The van der Waals surface area contributed by atoms with Crippen LogP contribution in [-0.4, -0.2) is 25.4 Å². The lowest BCUT2D eigenvalue weighted by Crippen LogP contribution is -2.21. The molecule has 0 saturated heterocycles. The number of nitrogens with one attached hydrogen (secondary N) is 1. The van der Waals surface area contributed by atoms with Crippen molar-refractivity contribution in [1.29, 1.82) is 0 Å². The van der Waals surface area contributed by atoms with Crippen LogP contribution in [-0.2, 0) is 4.79 Å². The molecule has 0 saturated carbocycles. The summed E-state index contributed by atoms with van der Waals surface area (Å²) in [5.74, 6) is -0.317. The van der Waals surface area contributed by atoms with Gasteiger partial charge >= 0.3 is 0 Å². The molecule has 0 bridgehead atoms. The first-order valence-corrected chi connectivity index (χ1v) is 9.72. The number of nitrogens with zero attached hydrogens (tertiary/aromatic N) is 3. The normalized spacial score (nSPS) is 12.2. The first-order chi connectivity index (χ1) is 14.8. The van der Waals surface area contributed by atoms with Crippen molar-refractivity contribution in [3.8, 4) is 11.3 Å². The highest BCUT2D eigenvalue weighted by Crippen LogP contribution is 2.32. The van der Waals surface area contributed by atoms with E-state index in [-0.39, 0.29) is 17.1 Å². The third kappa shape index (κ3) is 3.73. The second-order valence-electron chi connectivity index (χ2n) is 7.48. The fourth-order valence-electron chi connectivity index (χ4n) is 3.66. The summed E-state index contributed by atoms with van der Waals surface area (Å²) in [5, 5.41) is 12.9. The molecule has 7 nitrogen and oxygen atoms in total. The van der Waals surface area contributed by atoms with Crippen LogP contribution >= 0.6 is 0 Å². The van der Waals surface area contributed by atoms with E-state index in [2.05, 4.69) is 15.3 Å². The fourth-order valence-corrected chi connectivity index (χ4v) is 3.66. The zero-order valence-corrected chi connectivity index (χ0v) is 17.3. The van der Waals surface area contributed by atoms with Gasteiger partial charge in [0.25, 0.3) is 5.91 Å². The van der Waals surface area contributed by atoms with E-state index >= 15 is 4.39 Å². The molecule has 0 aliphatic rings. The Bertz CT molecular complexity index is 1320. The summed E-state index contributed by atoms with van der Waals surface area (Å²) in [6.45, 7) is 5.54. The summed E-state index contributed by atoms with van der Waals surface area (Å²) < 4.78 is 16.8. The topological polar surface area (TPSA) is 106 Å². The number of carbonyl (C=O) groups excluding carboxylic acids is 1. The standard InChI is InChI=1S/C23H22FN5O2/c1-12-5-4-6-15(9-12)21(30)23(31)28-16-7-8-17(18(24)10-16)19-20-22(25)26-11-13(2)29(20)14(3)27-19/h4-11,21,30H,1-3H3,(H2,25,26)(H,28,31). The first-order valence-electron chi connectivity index (χ1n) is 9.72. The lowest BCUT2D eigenvalue weighted by atomic mass is 10.1. The number of amides is 1. The van der Waals surface area contributed by atoms with Gasteiger partial charge in [0.15, 0.2) is 6.10 Å². The molecule has 4 rings (SSSR count). The molecule has 0 aliphatic carbocycles. The summed E-state index contributed by atoms with van der Waals surface area (Å²) in [7, 11) is 0. The van der Waals surface area contributed by atoms with Gasteiger partial charge in [-0.05, 0) is 44.5 Å². The average Bonchev–Trinajstić information content (AvgIpc) is 3.08. The van der Waals surface area contributed by atoms with Gasteiger partial charge in [0.1, 0.15) is 28.7 Å². The molecule has 1 amide bonds. The molecule has 0 radical (unpaired) electrons. The summed E-state index contributed by atoms with van der Waals surface area (Å²) in [5.41, 5.74) is 9.63. The Labute approximate surface area is 178 Å². The predicted molar refractivity (Wildman–Crippen MR) is 117 cm³/mol. The quantitative estimate of drug-likeness (QED) is 0.468. The smallest absolute Gasteiger partial charge is 0.257 e. The third-order valence-corrected chi connectivity index (χ3v) is 5.13. The highest BCUT2D eigenvalue weighted by atomic mass is 19.1. The van der Waals surface area contributed by atoms with Gasteiger partial charge in [-0.3, -0.25) is 9.20 Å². The summed E-state index contributed by atoms with van der Waals surface area (Å²) in [6, 6.07) is 11.3. The van der Waals surface area contributed by atoms with E-state index in [4.69, 9.17) is 5.73 Å². The number of imidazole rings is 1. The minimum atomic E-state index is -1.36. The van der Waals surface area contributed by atoms with Crippen LogP contribution in [0, 0.1) is 26.6 Å². The van der Waals surface area contributed by atoms with Crippen LogP contribution in [0.5, 0.6) is 0 Å². The van der Waals surface area contributed by atoms with Crippen molar-refractivity contribution in [1.82, 2.24) is 14.4 Å². The van der Waals surface area contributed by atoms with Crippen LogP contribution in [0.2, 0.25) is 0 Å². The molecular weight excluding hydrogens is 397 g/mol. The predicted octanol–water partition coefficient (Wildman–Crippen LogP) is 3.71. The zero-order valence-electron chi connectivity index (χ0n) is 17.3. The number of carbonyl (C=O) groups is 1. The van der Waals surface area contributed by atoms with E-state index in [1.807, 2.05) is 31.2 Å². The van der Waals surface area contributed by atoms with Crippen molar-refractivity contribution in [3.05, 3.63) is 77.1 Å². The maximum Gasteiger partial charge on any atom is 0.257 e. The lowest BCUT2D eigenvalue weighted by Gasteiger charge is -2.13. The molecule has 4 N–H and O–H groups in total. The van der Waals surface area contributed by atoms with E-state index in [9.17, 15) is 9.90 Å². The summed E-state index contributed by atoms with van der Waals surface area (Å²) >= 11 is 0. The van der Waals surface area contributed by atoms with Crippen LogP contribution in [0.15, 0.2) is 48.7 Å². The number of hydrogen-bond donors (Lipinski definition) is 3. The van der Waals surface area contributed by atoms with Crippen molar-refractivity contribution >= 4 is 22.9 Å². The van der Waals surface area contributed by atoms with Gasteiger partial charge in [-0.25, -0.2) is 14.4 Å². The summed E-state index contributed by atoms with van der Waals surface area (Å²) in [4.78, 5) is 21.1. The highest BCUT2D eigenvalue weighted by molar-refractivity contribution is 5.95. The van der Waals surface area contributed by atoms with E-state index in [0.29, 0.717) is 22.6 Å². The number of fused-ring (bicyclic) bond motifs is 1. The molecule has 0 aliphatic heterocycles. The number of benzene rings is 2. The summed E-state index contributed by atoms with van der Waals surface area (Å²) in [6.07, 6.45) is 0.270. The Kier molecular flexibility index (Phi) is 5.16. The monoisotopic (exact) mass is 419 g/mol. The van der Waals surface area contributed by atoms with Gasteiger partial charge < -0.3 is 16.2 Å². The van der Waals surface area contributed by atoms with Crippen LogP contribution in [0.25, 0.3) is 16.8 Å². The van der Waals surface area contributed by atoms with Crippen molar-refractivity contribution in [3.63, 3.8) is 0 Å². The van der Waals surface area contributed by atoms with Crippen LogP contribution in [0.3, 0.4) is 0 Å². The fraction of sp³-hybridized carbons (Fsp3) is 0.174. The number of nitrogens with two attached hydrogens (primary N) is 1. The molecule has 0 spiro atoms. The number of nitrogen functional groups attached to an aromatic ring is 1. The van der Waals surface area contributed by atoms with Gasteiger partial charge in [-0.15, -0.1) is 0 Å². The molecule has 2 aromatic carbocycles. The molecule has 8 heteroatoms. The maximum absolute atomic E-state index is 15.0. The minimum absolute atomic E-state index is 0.223. The molecule has 2 aromatic heterocycles. The molecule has 4 aromatic rings. The largest absolute Gasteiger partial charge is 0.382 e. The Morgan fingerprint density at radius 2 is 1.97 bits per heavy atom. The van der Waals surface area contributed by atoms with E-state index < -0.39 is 17.8 Å². The van der Waals surface area contributed by atoms with Crippen molar-refractivity contribution in [2.24, 2.45) is 0 Å². The number of anilines is 2. The van der Waals surface area contributed by atoms with Crippen molar-refractivity contribution in [2.75, 3.05) is 11.1 Å².